The van der Waals surface area contributed by atoms with E-state index in [0.717, 1.165) is 12.1 Å². The normalized spacial score (nSPS) is 12.5. The van der Waals surface area contributed by atoms with Gasteiger partial charge in [0.2, 0.25) is 5.91 Å². The van der Waals surface area contributed by atoms with Gasteiger partial charge in [0.05, 0.1) is 6.04 Å². The van der Waals surface area contributed by atoms with Crippen molar-refractivity contribution >= 4 is 5.91 Å². The lowest BCUT2D eigenvalue weighted by Crippen LogP contribution is -2.31. The molecule has 94 valence electrons. The van der Waals surface area contributed by atoms with Crippen LogP contribution in [-0.4, -0.2) is 18.5 Å². The summed E-state index contributed by atoms with van der Waals surface area (Å²) in [6.45, 7) is 6.88. The maximum atomic E-state index is 11.7. The number of carbonyl (C=O) groups is 1. The van der Waals surface area contributed by atoms with Crippen molar-refractivity contribution in [3.05, 3.63) is 35.9 Å². The van der Waals surface area contributed by atoms with Crippen molar-refractivity contribution in [1.29, 1.82) is 0 Å². The van der Waals surface area contributed by atoms with Gasteiger partial charge in [-0.1, -0.05) is 44.2 Å². The van der Waals surface area contributed by atoms with Gasteiger partial charge in [-0.15, -0.1) is 0 Å². The number of rotatable bonds is 6. The molecule has 0 heterocycles. The largest absolute Gasteiger partial charge is 0.350 e. The van der Waals surface area contributed by atoms with Gasteiger partial charge in [0.15, 0.2) is 0 Å². The minimum Gasteiger partial charge on any atom is -0.350 e. The number of amides is 1. The average molecular weight is 234 g/mol. The van der Waals surface area contributed by atoms with Crippen molar-refractivity contribution in [1.82, 2.24) is 10.6 Å². The van der Waals surface area contributed by atoms with Crippen molar-refractivity contribution in [2.75, 3.05) is 6.54 Å². The highest BCUT2D eigenvalue weighted by Gasteiger charge is 2.08. The second kappa shape index (κ2) is 7.07. The van der Waals surface area contributed by atoms with Crippen LogP contribution in [-0.2, 0) is 4.79 Å². The van der Waals surface area contributed by atoms with E-state index in [2.05, 4.69) is 24.5 Å². The highest BCUT2D eigenvalue weighted by atomic mass is 16.1. The molecule has 0 aliphatic heterocycles. The van der Waals surface area contributed by atoms with E-state index >= 15 is 0 Å². The van der Waals surface area contributed by atoms with Crippen LogP contribution in [0.4, 0.5) is 0 Å². The van der Waals surface area contributed by atoms with E-state index in [0.29, 0.717) is 12.5 Å². The molecule has 0 aromatic heterocycles. The molecule has 1 aromatic carbocycles. The predicted molar refractivity (Wildman–Crippen MR) is 70.8 cm³/mol. The summed E-state index contributed by atoms with van der Waals surface area (Å²) in [6, 6.07) is 10.5. The summed E-state index contributed by atoms with van der Waals surface area (Å²) in [6.07, 6.45) is 0.523. The molecule has 3 nitrogen and oxygen atoms in total. The fraction of sp³-hybridized carbons (Fsp3) is 0.500. The maximum Gasteiger partial charge on any atom is 0.221 e. The van der Waals surface area contributed by atoms with Crippen LogP contribution in [0.25, 0.3) is 0 Å². The lowest BCUT2D eigenvalue weighted by atomic mass is 10.1. The number of carbonyl (C=O) groups excluding carboxylic acids is 1. The van der Waals surface area contributed by atoms with E-state index in [1.807, 2.05) is 37.3 Å². The summed E-state index contributed by atoms with van der Waals surface area (Å²) < 4.78 is 0. The van der Waals surface area contributed by atoms with Crippen LogP contribution >= 0.6 is 0 Å². The first-order valence-corrected chi connectivity index (χ1v) is 6.17. The molecule has 1 amide bonds. The number of hydrogen-bond acceptors (Lipinski definition) is 2. The maximum absolute atomic E-state index is 11.7. The summed E-state index contributed by atoms with van der Waals surface area (Å²) in [5.74, 6) is 0.0921. The van der Waals surface area contributed by atoms with Crippen LogP contribution < -0.4 is 10.6 Å². The number of nitrogens with one attached hydrogen (secondary N) is 2. The molecule has 0 radical (unpaired) electrons. The molecule has 0 aliphatic rings. The van der Waals surface area contributed by atoms with Crippen LogP contribution in [0, 0.1) is 0 Å². The highest BCUT2D eigenvalue weighted by Crippen LogP contribution is 2.10. The van der Waals surface area contributed by atoms with E-state index < -0.39 is 0 Å². The lowest BCUT2D eigenvalue weighted by molar-refractivity contribution is -0.121. The first-order valence-electron chi connectivity index (χ1n) is 6.17. The van der Waals surface area contributed by atoms with Gasteiger partial charge >= 0.3 is 0 Å². The monoisotopic (exact) mass is 234 g/mol. The Balaban J connectivity index is 2.31. The highest BCUT2D eigenvalue weighted by molar-refractivity contribution is 5.76. The van der Waals surface area contributed by atoms with Crippen molar-refractivity contribution in [3.8, 4) is 0 Å². The standard InChI is InChI=1S/C14H22N2O/c1-11(2)15-10-9-14(17)16-12(3)13-7-5-4-6-8-13/h4-8,11-12,15H,9-10H2,1-3H3,(H,16,17). The van der Waals surface area contributed by atoms with Crippen LogP contribution in [0.5, 0.6) is 0 Å². The molecule has 1 aromatic rings. The molecule has 0 saturated heterocycles. The van der Waals surface area contributed by atoms with Gasteiger partial charge in [-0.25, -0.2) is 0 Å². The molecule has 0 aliphatic carbocycles. The lowest BCUT2D eigenvalue weighted by Gasteiger charge is -2.14. The van der Waals surface area contributed by atoms with Gasteiger partial charge in [-0.3, -0.25) is 4.79 Å². The topological polar surface area (TPSA) is 41.1 Å². The van der Waals surface area contributed by atoms with E-state index in [1.54, 1.807) is 0 Å². The summed E-state index contributed by atoms with van der Waals surface area (Å²) in [5, 5.41) is 6.22. The van der Waals surface area contributed by atoms with Crippen molar-refractivity contribution in [2.45, 2.75) is 39.3 Å². The predicted octanol–water partition coefficient (Wildman–Crippen LogP) is 2.25. The first kappa shape index (κ1) is 13.7. The zero-order chi connectivity index (χ0) is 12.7. The Morgan fingerprint density at radius 2 is 1.82 bits per heavy atom. The Kier molecular flexibility index (Phi) is 5.70. The molecule has 0 fully saturated rings. The Morgan fingerprint density at radius 1 is 1.18 bits per heavy atom. The molecular formula is C14H22N2O. The molecule has 0 spiro atoms. The van der Waals surface area contributed by atoms with Gasteiger partial charge in [0.1, 0.15) is 0 Å². The molecule has 1 atom stereocenters. The van der Waals surface area contributed by atoms with Gasteiger partial charge < -0.3 is 10.6 Å². The van der Waals surface area contributed by atoms with E-state index in [1.165, 1.54) is 0 Å². The minimum atomic E-state index is 0.0720. The van der Waals surface area contributed by atoms with Crippen LogP contribution in [0.15, 0.2) is 30.3 Å². The summed E-state index contributed by atoms with van der Waals surface area (Å²) in [5.41, 5.74) is 1.14. The molecule has 0 saturated carbocycles. The SMILES string of the molecule is CC(C)NCCC(=O)NC(C)c1ccccc1. The summed E-state index contributed by atoms with van der Waals surface area (Å²) in [4.78, 5) is 11.7. The molecule has 1 rings (SSSR count). The first-order chi connectivity index (χ1) is 8.09. The van der Waals surface area contributed by atoms with Gasteiger partial charge in [-0.2, -0.15) is 0 Å². The van der Waals surface area contributed by atoms with Crippen LogP contribution in [0.3, 0.4) is 0 Å². The third kappa shape index (κ3) is 5.50. The van der Waals surface area contributed by atoms with Gasteiger partial charge in [-0.05, 0) is 12.5 Å². The van der Waals surface area contributed by atoms with Crippen molar-refractivity contribution < 1.29 is 4.79 Å². The summed E-state index contributed by atoms with van der Waals surface area (Å²) >= 11 is 0. The molecule has 0 bridgehead atoms. The van der Waals surface area contributed by atoms with Crippen molar-refractivity contribution in [2.24, 2.45) is 0 Å². The van der Waals surface area contributed by atoms with E-state index in [4.69, 9.17) is 0 Å². The quantitative estimate of drug-likeness (QED) is 0.792. The van der Waals surface area contributed by atoms with Gasteiger partial charge in [0, 0.05) is 19.0 Å². The number of benzene rings is 1. The van der Waals surface area contributed by atoms with E-state index in [-0.39, 0.29) is 11.9 Å². The Hall–Kier alpha value is -1.35. The van der Waals surface area contributed by atoms with Crippen LogP contribution in [0.2, 0.25) is 0 Å². The third-order valence-electron chi connectivity index (χ3n) is 2.58. The minimum absolute atomic E-state index is 0.0720. The molecular weight excluding hydrogens is 212 g/mol. The Morgan fingerprint density at radius 3 is 2.41 bits per heavy atom. The third-order valence-corrected chi connectivity index (χ3v) is 2.58. The van der Waals surface area contributed by atoms with Crippen LogP contribution in [0.1, 0.15) is 38.8 Å². The van der Waals surface area contributed by atoms with Crippen molar-refractivity contribution in [3.63, 3.8) is 0 Å². The zero-order valence-electron chi connectivity index (χ0n) is 10.9. The summed E-state index contributed by atoms with van der Waals surface area (Å²) in [7, 11) is 0. The van der Waals surface area contributed by atoms with E-state index in [9.17, 15) is 4.79 Å². The second-order valence-corrected chi connectivity index (χ2v) is 4.56. The molecule has 3 heteroatoms. The number of hydrogen-bond donors (Lipinski definition) is 2. The smallest absolute Gasteiger partial charge is 0.221 e. The molecule has 2 N–H and O–H groups in total. The average Bonchev–Trinajstić information content (AvgIpc) is 2.29. The zero-order valence-corrected chi connectivity index (χ0v) is 10.9. The Bertz CT molecular complexity index is 335. The van der Waals surface area contributed by atoms with Gasteiger partial charge in [0.25, 0.3) is 0 Å². The Labute approximate surface area is 104 Å². The fourth-order valence-electron chi connectivity index (χ4n) is 1.61. The molecule has 1 unspecified atom stereocenters. The fourth-order valence-corrected chi connectivity index (χ4v) is 1.61. The molecule has 17 heavy (non-hydrogen) atoms. The second-order valence-electron chi connectivity index (χ2n) is 4.56.